The summed E-state index contributed by atoms with van der Waals surface area (Å²) in [6, 6.07) is 9.03. The maximum atomic E-state index is 13.8. The zero-order chi connectivity index (χ0) is 27.4. The van der Waals surface area contributed by atoms with Crippen LogP contribution in [0.5, 0.6) is 17.2 Å². The van der Waals surface area contributed by atoms with Crippen molar-refractivity contribution in [1.82, 2.24) is 4.57 Å². The minimum absolute atomic E-state index is 0.0170. The lowest BCUT2D eigenvalue weighted by atomic mass is 9.95. The molecule has 0 unspecified atom stereocenters. The molecule has 0 radical (unpaired) electrons. The summed E-state index contributed by atoms with van der Waals surface area (Å²) in [5.74, 6) is 0.399. The highest BCUT2D eigenvalue weighted by Crippen LogP contribution is 2.36. The van der Waals surface area contributed by atoms with Crippen LogP contribution in [0.25, 0.3) is 6.08 Å². The average molecular weight is 555 g/mol. The van der Waals surface area contributed by atoms with Crippen LogP contribution in [-0.4, -0.2) is 35.5 Å². The van der Waals surface area contributed by atoms with E-state index in [0.29, 0.717) is 55.9 Å². The maximum Gasteiger partial charge on any atom is 0.338 e. The number of carbonyl (C=O) groups is 1. The summed E-state index contributed by atoms with van der Waals surface area (Å²) < 4.78 is 18.7. The Morgan fingerprint density at radius 2 is 1.97 bits per heavy atom. The normalized spacial score (nSPS) is 15.1. The monoisotopic (exact) mass is 554 g/mol. The molecule has 1 N–H and O–H groups in total. The van der Waals surface area contributed by atoms with Crippen LogP contribution in [-0.2, 0) is 9.53 Å². The van der Waals surface area contributed by atoms with Crippen molar-refractivity contribution in [2.75, 3.05) is 19.8 Å². The van der Waals surface area contributed by atoms with E-state index in [1.165, 1.54) is 10.6 Å². The number of nitrogens with zero attached hydrogens (tertiary/aromatic N) is 2. The van der Waals surface area contributed by atoms with Gasteiger partial charge in [-0.1, -0.05) is 41.7 Å². The Balaban J connectivity index is 1.96. The second-order valence-electron chi connectivity index (χ2n) is 8.24. The summed E-state index contributed by atoms with van der Waals surface area (Å²) in [4.78, 5) is 31.9. The Hall–Kier alpha value is -3.82. The molecule has 3 aromatic rings. The third-order valence-corrected chi connectivity index (χ3v) is 6.95. The maximum absolute atomic E-state index is 13.8. The molecule has 1 aliphatic rings. The van der Waals surface area contributed by atoms with Crippen molar-refractivity contribution in [1.29, 1.82) is 0 Å². The average Bonchev–Trinajstić information content (AvgIpc) is 3.19. The van der Waals surface area contributed by atoms with Crippen molar-refractivity contribution in [2.24, 2.45) is 4.99 Å². The SMILES string of the molecule is C=CCOc1ccc([C@@H]2C(C(=O)OCC)=C(C)N=c3s/c(=C/c4cc(Cl)ccc4O)c(=O)n32)cc1OCC. The Kier molecular flexibility index (Phi) is 8.38. The molecule has 38 heavy (non-hydrogen) atoms. The third-order valence-electron chi connectivity index (χ3n) is 5.73. The molecule has 0 saturated carbocycles. The van der Waals surface area contributed by atoms with Crippen molar-refractivity contribution in [2.45, 2.75) is 26.8 Å². The van der Waals surface area contributed by atoms with Gasteiger partial charge in [-0.25, -0.2) is 9.79 Å². The molecule has 0 aliphatic carbocycles. The summed E-state index contributed by atoms with van der Waals surface area (Å²) in [5.41, 5.74) is 1.32. The molecular formula is C28H27ClN2O6S. The van der Waals surface area contributed by atoms with Crippen LogP contribution in [0, 0.1) is 0 Å². The fourth-order valence-corrected chi connectivity index (χ4v) is 5.34. The number of aromatic nitrogens is 1. The van der Waals surface area contributed by atoms with Gasteiger partial charge in [-0.2, -0.15) is 0 Å². The first-order chi connectivity index (χ1) is 18.3. The highest BCUT2D eigenvalue weighted by Gasteiger charge is 2.34. The molecule has 198 valence electrons. The number of hydrogen-bond donors (Lipinski definition) is 1. The largest absolute Gasteiger partial charge is 0.507 e. The van der Waals surface area contributed by atoms with E-state index in [0.717, 1.165) is 11.3 Å². The van der Waals surface area contributed by atoms with Crippen molar-refractivity contribution in [3.05, 3.63) is 96.2 Å². The molecule has 0 fully saturated rings. The summed E-state index contributed by atoms with van der Waals surface area (Å²) in [6.07, 6.45) is 3.19. The van der Waals surface area contributed by atoms with Gasteiger partial charge in [-0.3, -0.25) is 9.36 Å². The molecule has 4 rings (SSSR count). The number of rotatable bonds is 9. The summed E-state index contributed by atoms with van der Waals surface area (Å²) in [7, 11) is 0. The molecule has 10 heteroatoms. The van der Waals surface area contributed by atoms with E-state index in [2.05, 4.69) is 11.6 Å². The smallest absolute Gasteiger partial charge is 0.338 e. The lowest BCUT2D eigenvalue weighted by Crippen LogP contribution is -2.40. The van der Waals surface area contributed by atoms with Gasteiger partial charge in [-0.15, -0.1) is 0 Å². The molecule has 0 bridgehead atoms. The number of carbonyl (C=O) groups excluding carboxylic acids is 1. The van der Waals surface area contributed by atoms with Crippen LogP contribution in [0.2, 0.25) is 5.02 Å². The fraction of sp³-hybridized carbons (Fsp3) is 0.250. The first kappa shape index (κ1) is 27.2. The minimum atomic E-state index is -0.826. The third kappa shape index (κ3) is 5.39. The Morgan fingerprint density at radius 3 is 2.68 bits per heavy atom. The fourth-order valence-electron chi connectivity index (χ4n) is 4.12. The van der Waals surface area contributed by atoms with Crippen molar-refractivity contribution >= 4 is 35.0 Å². The van der Waals surface area contributed by atoms with Gasteiger partial charge in [0.15, 0.2) is 16.3 Å². The molecular weight excluding hydrogens is 528 g/mol. The van der Waals surface area contributed by atoms with Gasteiger partial charge in [0.2, 0.25) is 0 Å². The second-order valence-corrected chi connectivity index (χ2v) is 9.69. The van der Waals surface area contributed by atoms with Gasteiger partial charge in [0.25, 0.3) is 5.56 Å². The van der Waals surface area contributed by atoms with E-state index in [1.54, 1.807) is 56.3 Å². The van der Waals surface area contributed by atoms with E-state index in [1.807, 2.05) is 6.92 Å². The zero-order valence-corrected chi connectivity index (χ0v) is 22.8. The van der Waals surface area contributed by atoms with Gasteiger partial charge in [0, 0.05) is 10.6 Å². The first-order valence-electron chi connectivity index (χ1n) is 12.0. The number of hydrogen-bond acceptors (Lipinski definition) is 8. The minimum Gasteiger partial charge on any atom is -0.507 e. The number of phenolic OH excluding ortho intramolecular Hbond substituents is 1. The van der Waals surface area contributed by atoms with Crippen molar-refractivity contribution in [3.8, 4) is 17.2 Å². The first-order valence-corrected chi connectivity index (χ1v) is 13.2. The highest BCUT2D eigenvalue weighted by molar-refractivity contribution is 7.07. The van der Waals surface area contributed by atoms with E-state index in [-0.39, 0.29) is 23.5 Å². The van der Waals surface area contributed by atoms with E-state index >= 15 is 0 Å². The summed E-state index contributed by atoms with van der Waals surface area (Å²) in [5, 5.41) is 10.7. The number of esters is 1. The Morgan fingerprint density at radius 1 is 1.18 bits per heavy atom. The number of thiazole rings is 1. The number of allylic oxidation sites excluding steroid dienone is 1. The second kappa shape index (κ2) is 11.7. The molecule has 1 atom stereocenters. The zero-order valence-electron chi connectivity index (χ0n) is 21.2. The predicted octanol–water partition coefficient (Wildman–Crippen LogP) is 4.12. The van der Waals surface area contributed by atoms with Gasteiger partial charge in [0.05, 0.1) is 35.1 Å². The Bertz CT molecular complexity index is 1600. The molecule has 0 spiro atoms. The van der Waals surface area contributed by atoms with Gasteiger partial charge < -0.3 is 19.3 Å². The molecule has 1 aromatic heterocycles. The number of benzene rings is 2. The Labute approximate surface area is 228 Å². The lowest BCUT2D eigenvalue weighted by Gasteiger charge is -2.25. The predicted molar refractivity (Wildman–Crippen MR) is 147 cm³/mol. The quantitative estimate of drug-likeness (QED) is 0.315. The van der Waals surface area contributed by atoms with Gasteiger partial charge in [0.1, 0.15) is 12.4 Å². The van der Waals surface area contributed by atoms with E-state index in [4.69, 9.17) is 25.8 Å². The lowest BCUT2D eigenvalue weighted by molar-refractivity contribution is -0.139. The van der Waals surface area contributed by atoms with Crippen LogP contribution in [0.4, 0.5) is 0 Å². The molecule has 2 heterocycles. The van der Waals surface area contributed by atoms with Crippen LogP contribution >= 0.6 is 22.9 Å². The number of halogens is 1. The molecule has 0 saturated heterocycles. The van der Waals surface area contributed by atoms with Crippen LogP contribution in [0.15, 0.2) is 70.1 Å². The van der Waals surface area contributed by atoms with Gasteiger partial charge in [-0.05, 0) is 62.7 Å². The number of fused-ring (bicyclic) bond motifs is 1. The van der Waals surface area contributed by atoms with Crippen molar-refractivity contribution in [3.63, 3.8) is 0 Å². The molecule has 0 amide bonds. The van der Waals surface area contributed by atoms with Crippen LogP contribution in [0.1, 0.15) is 37.9 Å². The standard InChI is InChI=1S/C28H27ClN2O6S/c1-5-12-37-21-11-8-17(14-22(21)35-6-2)25-24(27(34)36-7-3)16(4)30-28-31(25)26(33)23(38-28)15-18-13-19(29)9-10-20(18)32/h5,8-11,13-15,25,32H,1,6-7,12H2,2-4H3/b23-15+/t25-/m1/s1. The number of aromatic hydroxyl groups is 1. The summed E-state index contributed by atoms with van der Waals surface area (Å²) >= 11 is 7.25. The van der Waals surface area contributed by atoms with Crippen molar-refractivity contribution < 1.29 is 24.1 Å². The van der Waals surface area contributed by atoms with Crippen LogP contribution in [0.3, 0.4) is 0 Å². The summed E-state index contributed by atoms with van der Waals surface area (Å²) in [6.45, 7) is 9.81. The number of phenols is 1. The topological polar surface area (TPSA) is 99.4 Å². The van der Waals surface area contributed by atoms with E-state index < -0.39 is 12.0 Å². The van der Waals surface area contributed by atoms with E-state index in [9.17, 15) is 14.7 Å². The van der Waals surface area contributed by atoms with Crippen LogP contribution < -0.4 is 24.4 Å². The molecule has 1 aliphatic heterocycles. The number of ether oxygens (including phenoxy) is 3. The highest BCUT2D eigenvalue weighted by atomic mass is 35.5. The van der Waals surface area contributed by atoms with Gasteiger partial charge >= 0.3 is 5.97 Å². The molecule has 2 aromatic carbocycles. The molecule has 8 nitrogen and oxygen atoms in total.